The lowest BCUT2D eigenvalue weighted by Gasteiger charge is -2.03. The molecule has 1 nitrogen and oxygen atoms in total. The third kappa shape index (κ3) is 3.50. The predicted molar refractivity (Wildman–Crippen MR) is 73.2 cm³/mol. The van der Waals surface area contributed by atoms with E-state index in [9.17, 15) is 9.18 Å². The fraction of sp³-hybridized carbons (Fsp3) is 0.133. The third-order valence-corrected chi connectivity index (χ3v) is 3.12. The van der Waals surface area contributed by atoms with Crippen LogP contribution in [0.25, 0.3) is 0 Å². The van der Waals surface area contributed by atoms with E-state index in [1.165, 1.54) is 12.1 Å². The van der Waals surface area contributed by atoms with Crippen molar-refractivity contribution >= 4 is 21.7 Å². The van der Waals surface area contributed by atoms with E-state index in [-0.39, 0.29) is 11.6 Å². The molecule has 0 aromatic heterocycles. The van der Waals surface area contributed by atoms with Crippen LogP contribution >= 0.6 is 15.9 Å². The molecule has 3 heteroatoms. The Labute approximate surface area is 114 Å². The quantitative estimate of drug-likeness (QED) is 0.765. The number of carbonyl (C=O) groups excluding carboxylic acids is 1. The van der Waals surface area contributed by atoms with Gasteiger partial charge in [-0.1, -0.05) is 46.3 Å². The highest BCUT2D eigenvalue weighted by molar-refractivity contribution is 9.10. The van der Waals surface area contributed by atoms with E-state index >= 15 is 0 Å². The molecule has 0 spiro atoms. The van der Waals surface area contributed by atoms with Crippen LogP contribution in [-0.2, 0) is 6.42 Å². The molecule has 0 atom stereocenters. The van der Waals surface area contributed by atoms with E-state index in [2.05, 4.69) is 15.9 Å². The molecule has 0 radical (unpaired) electrons. The van der Waals surface area contributed by atoms with Gasteiger partial charge in [-0.05, 0) is 30.2 Å². The highest BCUT2D eigenvalue weighted by atomic mass is 79.9. The molecule has 2 aromatic carbocycles. The summed E-state index contributed by atoms with van der Waals surface area (Å²) in [5, 5.41) is 0. The fourth-order valence-corrected chi connectivity index (χ4v) is 2.29. The van der Waals surface area contributed by atoms with Gasteiger partial charge >= 0.3 is 0 Å². The minimum atomic E-state index is -0.286. The smallest absolute Gasteiger partial charge is 0.163 e. The molecule has 0 saturated heterocycles. The molecular formula is C15H12BrFO. The van der Waals surface area contributed by atoms with Crippen LogP contribution in [0.4, 0.5) is 4.39 Å². The number of benzene rings is 2. The highest BCUT2D eigenvalue weighted by Crippen LogP contribution is 2.17. The maximum atomic E-state index is 13.2. The molecule has 0 aliphatic carbocycles. The van der Waals surface area contributed by atoms with Gasteiger partial charge in [0.25, 0.3) is 0 Å². The Morgan fingerprint density at radius 1 is 1.11 bits per heavy atom. The maximum absolute atomic E-state index is 13.2. The topological polar surface area (TPSA) is 17.1 Å². The standard InChI is InChI=1S/C15H12BrFO/c16-13-8-11(9-14(17)10-13)6-7-15(18)12-4-2-1-3-5-12/h1-5,8-10H,6-7H2. The predicted octanol–water partition coefficient (Wildman–Crippen LogP) is 4.40. The van der Waals surface area contributed by atoms with Crippen LogP contribution in [0.3, 0.4) is 0 Å². The second-order valence-electron chi connectivity index (χ2n) is 4.07. The number of rotatable bonds is 4. The zero-order valence-electron chi connectivity index (χ0n) is 9.70. The van der Waals surface area contributed by atoms with Crippen molar-refractivity contribution in [3.8, 4) is 0 Å². The van der Waals surface area contributed by atoms with E-state index in [4.69, 9.17) is 0 Å². The molecule has 18 heavy (non-hydrogen) atoms. The molecule has 0 saturated carbocycles. The van der Waals surface area contributed by atoms with Crippen molar-refractivity contribution in [1.29, 1.82) is 0 Å². The summed E-state index contributed by atoms with van der Waals surface area (Å²) < 4.78 is 13.9. The summed E-state index contributed by atoms with van der Waals surface area (Å²) >= 11 is 3.24. The van der Waals surface area contributed by atoms with Gasteiger partial charge in [-0.3, -0.25) is 4.79 Å². The van der Waals surface area contributed by atoms with E-state index in [0.29, 0.717) is 22.9 Å². The molecule has 0 N–H and O–H groups in total. The van der Waals surface area contributed by atoms with Crippen LogP contribution in [0.5, 0.6) is 0 Å². The minimum absolute atomic E-state index is 0.0796. The first kappa shape index (κ1) is 13.0. The monoisotopic (exact) mass is 306 g/mol. The summed E-state index contributed by atoms with van der Waals surface area (Å²) in [5.74, 6) is -0.206. The van der Waals surface area contributed by atoms with Crippen LogP contribution in [-0.4, -0.2) is 5.78 Å². The minimum Gasteiger partial charge on any atom is -0.294 e. The van der Waals surface area contributed by atoms with Gasteiger partial charge in [0, 0.05) is 16.5 Å². The van der Waals surface area contributed by atoms with Crippen LogP contribution in [0, 0.1) is 5.82 Å². The van der Waals surface area contributed by atoms with E-state index in [1.807, 2.05) is 24.3 Å². The summed E-state index contributed by atoms with van der Waals surface area (Å²) in [6.07, 6.45) is 0.935. The average Bonchev–Trinajstić information content (AvgIpc) is 2.36. The summed E-state index contributed by atoms with van der Waals surface area (Å²) in [6.45, 7) is 0. The first-order chi connectivity index (χ1) is 8.65. The van der Waals surface area contributed by atoms with Gasteiger partial charge in [-0.25, -0.2) is 4.39 Å². The number of ketones is 1. The molecule has 0 fully saturated rings. The number of aryl methyl sites for hydroxylation is 1. The van der Waals surface area contributed by atoms with Gasteiger partial charge in [-0.2, -0.15) is 0 Å². The fourth-order valence-electron chi connectivity index (χ4n) is 1.78. The lowest BCUT2D eigenvalue weighted by atomic mass is 10.0. The number of carbonyl (C=O) groups is 1. The first-order valence-electron chi connectivity index (χ1n) is 5.68. The lowest BCUT2D eigenvalue weighted by molar-refractivity contribution is 0.0983. The van der Waals surface area contributed by atoms with Crippen molar-refractivity contribution in [2.45, 2.75) is 12.8 Å². The van der Waals surface area contributed by atoms with Crippen molar-refractivity contribution in [2.75, 3.05) is 0 Å². The molecule has 92 valence electrons. The van der Waals surface area contributed by atoms with Gasteiger partial charge < -0.3 is 0 Å². The zero-order valence-corrected chi connectivity index (χ0v) is 11.3. The van der Waals surface area contributed by atoms with Crippen molar-refractivity contribution in [1.82, 2.24) is 0 Å². The van der Waals surface area contributed by atoms with Crippen LogP contribution in [0.1, 0.15) is 22.3 Å². The van der Waals surface area contributed by atoms with Crippen LogP contribution in [0.2, 0.25) is 0 Å². The van der Waals surface area contributed by atoms with E-state index < -0.39 is 0 Å². The molecule has 0 unspecified atom stereocenters. The number of Topliss-reactive ketones (excluding diaryl/α,β-unsaturated/α-hetero) is 1. The molecule has 0 heterocycles. The van der Waals surface area contributed by atoms with Gasteiger partial charge in [0.1, 0.15) is 5.82 Å². The van der Waals surface area contributed by atoms with Gasteiger partial charge in [0.05, 0.1) is 0 Å². The van der Waals surface area contributed by atoms with Crippen molar-refractivity contribution < 1.29 is 9.18 Å². The number of hydrogen-bond donors (Lipinski definition) is 0. The Balaban J connectivity index is 2.02. The molecule has 2 aromatic rings. The average molecular weight is 307 g/mol. The molecular weight excluding hydrogens is 295 g/mol. The molecule has 0 bridgehead atoms. The Bertz CT molecular complexity index is 531. The Hall–Kier alpha value is -1.48. The summed E-state index contributed by atoms with van der Waals surface area (Å²) in [5.41, 5.74) is 1.53. The van der Waals surface area contributed by atoms with Crippen molar-refractivity contribution in [3.05, 3.63) is 69.9 Å². The zero-order chi connectivity index (χ0) is 13.0. The first-order valence-corrected chi connectivity index (χ1v) is 6.47. The molecule has 2 rings (SSSR count). The van der Waals surface area contributed by atoms with E-state index in [1.54, 1.807) is 12.1 Å². The van der Waals surface area contributed by atoms with Crippen LogP contribution < -0.4 is 0 Å². The summed E-state index contributed by atoms with van der Waals surface area (Å²) in [7, 11) is 0. The molecule has 0 aliphatic rings. The largest absolute Gasteiger partial charge is 0.294 e. The van der Waals surface area contributed by atoms with E-state index in [0.717, 1.165) is 5.56 Å². The molecule has 0 amide bonds. The van der Waals surface area contributed by atoms with Crippen LogP contribution in [0.15, 0.2) is 53.0 Å². The third-order valence-electron chi connectivity index (χ3n) is 2.66. The SMILES string of the molecule is O=C(CCc1cc(F)cc(Br)c1)c1ccccc1. The summed E-state index contributed by atoms with van der Waals surface area (Å²) in [6, 6.07) is 13.8. The lowest BCUT2D eigenvalue weighted by Crippen LogP contribution is -2.01. The maximum Gasteiger partial charge on any atom is 0.163 e. The second kappa shape index (κ2) is 5.91. The normalized spacial score (nSPS) is 10.3. The number of halogens is 2. The number of hydrogen-bond acceptors (Lipinski definition) is 1. The Kier molecular flexibility index (Phi) is 4.26. The Morgan fingerprint density at radius 2 is 1.83 bits per heavy atom. The summed E-state index contributed by atoms with van der Waals surface area (Å²) in [4.78, 5) is 11.9. The van der Waals surface area contributed by atoms with Gasteiger partial charge in [0.15, 0.2) is 5.78 Å². The second-order valence-corrected chi connectivity index (χ2v) is 4.98. The molecule has 0 aliphatic heterocycles. The highest BCUT2D eigenvalue weighted by Gasteiger charge is 2.06. The van der Waals surface area contributed by atoms with Gasteiger partial charge in [0.2, 0.25) is 0 Å². The Morgan fingerprint density at radius 3 is 2.50 bits per heavy atom. The van der Waals surface area contributed by atoms with Crippen molar-refractivity contribution in [2.24, 2.45) is 0 Å². The van der Waals surface area contributed by atoms with Gasteiger partial charge in [-0.15, -0.1) is 0 Å². The van der Waals surface area contributed by atoms with Crippen molar-refractivity contribution in [3.63, 3.8) is 0 Å².